The van der Waals surface area contributed by atoms with Gasteiger partial charge in [-0.05, 0) is 49.1 Å². The third-order valence-electron chi connectivity index (χ3n) is 5.56. The van der Waals surface area contributed by atoms with E-state index in [1.807, 2.05) is 16.9 Å². The van der Waals surface area contributed by atoms with Gasteiger partial charge in [-0.15, -0.1) is 0 Å². The summed E-state index contributed by atoms with van der Waals surface area (Å²) >= 11 is 0. The van der Waals surface area contributed by atoms with Crippen molar-refractivity contribution in [2.75, 3.05) is 5.32 Å². The van der Waals surface area contributed by atoms with E-state index in [2.05, 4.69) is 26.5 Å². The molecule has 1 atom stereocenters. The van der Waals surface area contributed by atoms with E-state index < -0.39 is 5.91 Å². The van der Waals surface area contributed by atoms with Crippen molar-refractivity contribution in [3.8, 4) is 17.3 Å². The Kier molecular flexibility index (Phi) is 5.70. The van der Waals surface area contributed by atoms with E-state index in [4.69, 9.17) is 5.73 Å². The Balaban J connectivity index is 1.52. The lowest BCUT2D eigenvalue weighted by atomic mass is 9.96. The van der Waals surface area contributed by atoms with Gasteiger partial charge in [0.1, 0.15) is 0 Å². The van der Waals surface area contributed by atoms with Crippen LogP contribution in [0.5, 0.6) is 0 Å². The summed E-state index contributed by atoms with van der Waals surface area (Å²) in [6.45, 7) is 0. The van der Waals surface area contributed by atoms with E-state index in [0.29, 0.717) is 23.9 Å². The van der Waals surface area contributed by atoms with Crippen LogP contribution in [0.2, 0.25) is 0 Å². The maximum absolute atomic E-state index is 11.2. The molecular weight excluding hydrogens is 378 g/mol. The standard InChI is InChI=1S/C22H23N7O/c23-11-9-20(15-3-1-2-4-15)29-14-17(13-26-29)19-10-12-25-22(28-19)27-18-7-5-16(6-8-18)21(24)30/h5-8,10,12-15,20H,1-4,9H2,(H2,24,30)(H,25,27,28). The quantitative estimate of drug-likeness (QED) is 0.620. The Hall–Kier alpha value is -3.73. The van der Waals surface area contributed by atoms with Crippen LogP contribution >= 0.6 is 0 Å². The fourth-order valence-corrected chi connectivity index (χ4v) is 3.99. The summed E-state index contributed by atoms with van der Waals surface area (Å²) in [4.78, 5) is 20.0. The third-order valence-corrected chi connectivity index (χ3v) is 5.56. The number of aromatic nitrogens is 4. The number of rotatable bonds is 7. The molecule has 0 bridgehead atoms. The summed E-state index contributed by atoms with van der Waals surface area (Å²) in [5, 5.41) is 16.9. The van der Waals surface area contributed by atoms with Crippen LogP contribution in [0.1, 0.15) is 48.5 Å². The summed E-state index contributed by atoms with van der Waals surface area (Å²) < 4.78 is 1.92. The number of hydrogen-bond acceptors (Lipinski definition) is 6. The maximum atomic E-state index is 11.2. The van der Waals surface area contributed by atoms with Crippen LogP contribution < -0.4 is 11.1 Å². The van der Waals surface area contributed by atoms with Gasteiger partial charge in [-0.3, -0.25) is 9.48 Å². The van der Waals surface area contributed by atoms with Gasteiger partial charge in [0.2, 0.25) is 11.9 Å². The number of carbonyl (C=O) groups excluding carboxylic acids is 1. The topological polar surface area (TPSA) is 123 Å². The molecule has 0 spiro atoms. The van der Waals surface area contributed by atoms with Crippen molar-refractivity contribution in [1.82, 2.24) is 19.7 Å². The van der Waals surface area contributed by atoms with Gasteiger partial charge in [-0.1, -0.05) is 12.8 Å². The van der Waals surface area contributed by atoms with Crippen molar-refractivity contribution in [3.63, 3.8) is 0 Å². The van der Waals surface area contributed by atoms with Gasteiger partial charge >= 0.3 is 0 Å². The van der Waals surface area contributed by atoms with Crippen LogP contribution in [0.15, 0.2) is 48.9 Å². The first-order chi connectivity index (χ1) is 14.6. The molecule has 1 unspecified atom stereocenters. The lowest BCUT2D eigenvalue weighted by Crippen LogP contribution is -2.17. The average Bonchev–Trinajstić information content (AvgIpc) is 3.45. The molecule has 4 rings (SSSR count). The van der Waals surface area contributed by atoms with Gasteiger partial charge < -0.3 is 11.1 Å². The van der Waals surface area contributed by atoms with Gasteiger partial charge in [0.15, 0.2) is 0 Å². The number of hydrogen-bond donors (Lipinski definition) is 2. The predicted octanol–water partition coefficient (Wildman–Crippen LogP) is 3.83. The van der Waals surface area contributed by atoms with Crippen LogP contribution in [-0.4, -0.2) is 25.7 Å². The second-order valence-electron chi connectivity index (χ2n) is 7.52. The molecule has 8 heteroatoms. The summed E-state index contributed by atoms with van der Waals surface area (Å²) in [7, 11) is 0. The van der Waals surface area contributed by atoms with E-state index in [0.717, 1.165) is 29.8 Å². The number of nitrogens with one attached hydrogen (secondary N) is 1. The second-order valence-corrected chi connectivity index (χ2v) is 7.52. The fourth-order valence-electron chi connectivity index (χ4n) is 3.99. The van der Waals surface area contributed by atoms with E-state index in [9.17, 15) is 10.1 Å². The van der Waals surface area contributed by atoms with Crippen molar-refractivity contribution < 1.29 is 4.79 Å². The number of nitrogens with two attached hydrogens (primary N) is 1. The number of nitrogens with zero attached hydrogens (tertiary/aromatic N) is 5. The van der Waals surface area contributed by atoms with Gasteiger partial charge in [-0.2, -0.15) is 10.4 Å². The molecule has 0 aliphatic heterocycles. The van der Waals surface area contributed by atoms with Crippen LogP contribution in [0.3, 0.4) is 0 Å². The summed E-state index contributed by atoms with van der Waals surface area (Å²) in [5.41, 5.74) is 8.09. The Morgan fingerprint density at radius 2 is 2.03 bits per heavy atom. The highest BCUT2D eigenvalue weighted by Gasteiger charge is 2.27. The number of anilines is 2. The van der Waals surface area contributed by atoms with E-state index >= 15 is 0 Å². The van der Waals surface area contributed by atoms with Gasteiger partial charge in [0.05, 0.1) is 30.4 Å². The summed E-state index contributed by atoms with van der Waals surface area (Å²) in [5.74, 6) is 0.476. The summed E-state index contributed by atoms with van der Waals surface area (Å²) in [6, 6.07) is 11.1. The molecule has 152 valence electrons. The molecule has 1 fully saturated rings. The highest BCUT2D eigenvalue weighted by molar-refractivity contribution is 5.93. The Morgan fingerprint density at radius 1 is 1.27 bits per heavy atom. The largest absolute Gasteiger partial charge is 0.366 e. The molecule has 3 N–H and O–H groups in total. The number of primary amides is 1. The molecule has 8 nitrogen and oxygen atoms in total. The highest BCUT2D eigenvalue weighted by atomic mass is 16.1. The van der Waals surface area contributed by atoms with Crippen LogP contribution in [0.4, 0.5) is 11.6 Å². The first-order valence-electron chi connectivity index (χ1n) is 10.1. The Morgan fingerprint density at radius 3 is 2.73 bits per heavy atom. The van der Waals surface area contributed by atoms with E-state index in [-0.39, 0.29) is 6.04 Å². The van der Waals surface area contributed by atoms with Crippen LogP contribution in [0.25, 0.3) is 11.3 Å². The molecule has 30 heavy (non-hydrogen) atoms. The molecular formula is C22H23N7O. The minimum absolute atomic E-state index is 0.106. The zero-order chi connectivity index (χ0) is 20.9. The van der Waals surface area contributed by atoms with Gasteiger partial charge in [0, 0.05) is 29.2 Å². The SMILES string of the molecule is N#CCC(C1CCCC1)n1cc(-c2ccnc(Nc3ccc(C(N)=O)cc3)n2)cn1. The number of nitriles is 1. The molecule has 0 saturated heterocycles. The molecule has 1 aromatic carbocycles. The first-order valence-corrected chi connectivity index (χ1v) is 10.1. The van der Waals surface area contributed by atoms with Crippen molar-refractivity contribution in [2.45, 2.75) is 38.1 Å². The summed E-state index contributed by atoms with van der Waals surface area (Å²) in [6.07, 6.45) is 10.6. The number of benzene rings is 1. The normalized spacial score (nSPS) is 14.9. The first kappa shape index (κ1) is 19.6. The number of amides is 1. The fraction of sp³-hybridized carbons (Fsp3) is 0.318. The minimum Gasteiger partial charge on any atom is -0.366 e. The molecule has 2 aromatic heterocycles. The smallest absolute Gasteiger partial charge is 0.248 e. The maximum Gasteiger partial charge on any atom is 0.248 e. The molecule has 1 saturated carbocycles. The molecule has 2 heterocycles. The van der Waals surface area contributed by atoms with E-state index in [1.54, 1.807) is 36.7 Å². The van der Waals surface area contributed by atoms with Crippen molar-refractivity contribution in [3.05, 3.63) is 54.5 Å². The number of carbonyl (C=O) groups is 1. The molecule has 3 aromatic rings. The highest BCUT2D eigenvalue weighted by Crippen LogP contribution is 2.36. The Bertz CT molecular complexity index is 1060. The Labute approximate surface area is 174 Å². The molecule has 0 radical (unpaired) electrons. The van der Waals surface area contributed by atoms with Crippen molar-refractivity contribution >= 4 is 17.5 Å². The van der Waals surface area contributed by atoms with Crippen LogP contribution in [-0.2, 0) is 0 Å². The van der Waals surface area contributed by atoms with Gasteiger partial charge in [-0.25, -0.2) is 9.97 Å². The second kappa shape index (κ2) is 8.74. The lowest BCUT2D eigenvalue weighted by Gasteiger charge is -2.21. The minimum atomic E-state index is -0.468. The molecule has 1 amide bonds. The monoisotopic (exact) mass is 401 g/mol. The van der Waals surface area contributed by atoms with Crippen molar-refractivity contribution in [2.24, 2.45) is 11.7 Å². The molecule has 1 aliphatic rings. The lowest BCUT2D eigenvalue weighted by molar-refractivity contribution is 0.100. The predicted molar refractivity (Wildman–Crippen MR) is 113 cm³/mol. The zero-order valence-corrected chi connectivity index (χ0v) is 16.5. The zero-order valence-electron chi connectivity index (χ0n) is 16.5. The van der Waals surface area contributed by atoms with Crippen molar-refractivity contribution in [1.29, 1.82) is 5.26 Å². The van der Waals surface area contributed by atoms with Crippen LogP contribution in [0, 0.1) is 17.2 Å². The van der Waals surface area contributed by atoms with Gasteiger partial charge in [0.25, 0.3) is 0 Å². The van der Waals surface area contributed by atoms with E-state index in [1.165, 1.54) is 12.8 Å². The molecule has 1 aliphatic carbocycles. The average molecular weight is 401 g/mol. The third kappa shape index (κ3) is 4.30.